The summed E-state index contributed by atoms with van der Waals surface area (Å²) in [5.41, 5.74) is 1.86. The van der Waals surface area contributed by atoms with Gasteiger partial charge in [-0.3, -0.25) is 4.57 Å². The van der Waals surface area contributed by atoms with Crippen LogP contribution in [0.1, 0.15) is 5.82 Å². The maximum absolute atomic E-state index is 13.6. The first kappa shape index (κ1) is 14.9. The van der Waals surface area contributed by atoms with Gasteiger partial charge in [-0.15, -0.1) is 11.6 Å². The zero-order valence-electron chi connectivity index (χ0n) is 10.4. The molecule has 7 heteroatoms. The molecule has 1 heterocycles. The van der Waals surface area contributed by atoms with Gasteiger partial charge in [0.05, 0.1) is 27.1 Å². The van der Waals surface area contributed by atoms with Crippen molar-refractivity contribution in [3.8, 4) is 5.69 Å². The Bertz CT molecular complexity index is 849. The van der Waals surface area contributed by atoms with Crippen molar-refractivity contribution in [3.63, 3.8) is 0 Å². The predicted molar refractivity (Wildman–Crippen MR) is 85.9 cm³/mol. The average Bonchev–Trinajstić information content (AvgIpc) is 2.77. The van der Waals surface area contributed by atoms with Gasteiger partial charge in [-0.05, 0) is 56.1 Å². The SMILES string of the molecule is Fc1ccc(-n2c(CCl)nc3cc(F)c(Br)cc32)c(Br)c1. The van der Waals surface area contributed by atoms with Crippen molar-refractivity contribution in [1.29, 1.82) is 0 Å². The molecule has 0 amide bonds. The van der Waals surface area contributed by atoms with Crippen molar-refractivity contribution in [2.24, 2.45) is 0 Å². The molecule has 0 aliphatic rings. The van der Waals surface area contributed by atoms with Crippen LogP contribution < -0.4 is 0 Å². The number of hydrogen-bond acceptors (Lipinski definition) is 1. The summed E-state index contributed by atoms with van der Waals surface area (Å²) < 4.78 is 29.6. The fourth-order valence-corrected chi connectivity index (χ4v) is 3.18. The van der Waals surface area contributed by atoms with Crippen LogP contribution in [0.5, 0.6) is 0 Å². The van der Waals surface area contributed by atoms with Crippen LogP contribution in [-0.4, -0.2) is 9.55 Å². The molecule has 21 heavy (non-hydrogen) atoms. The van der Waals surface area contributed by atoms with Gasteiger partial charge in [0.1, 0.15) is 17.5 Å². The number of fused-ring (bicyclic) bond motifs is 1. The van der Waals surface area contributed by atoms with Crippen molar-refractivity contribution in [1.82, 2.24) is 9.55 Å². The van der Waals surface area contributed by atoms with Crippen LogP contribution in [0.15, 0.2) is 39.3 Å². The van der Waals surface area contributed by atoms with Gasteiger partial charge in [0.25, 0.3) is 0 Å². The molecular formula is C14H7Br2ClF2N2. The molecule has 0 spiro atoms. The van der Waals surface area contributed by atoms with Crippen molar-refractivity contribution in [3.05, 3.63) is 56.7 Å². The molecule has 0 saturated carbocycles. The molecule has 0 saturated heterocycles. The van der Waals surface area contributed by atoms with Gasteiger partial charge in [-0.1, -0.05) is 0 Å². The standard InChI is InChI=1S/C14H7Br2ClF2N2/c15-8-4-13-11(5-10(8)19)20-14(6-17)21(13)12-2-1-7(18)3-9(12)16/h1-5H,6H2. The smallest absolute Gasteiger partial charge is 0.139 e. The lowest BCUT2D eigenvalue weighted by atomic mass is 10.2. The third-order valence-electron chi connectivity index (χ3n) is 3.04. The first-order valence-electron chi connectivity index (χ1n) is 5.89. The Labute approximate surface area is 141 Å². The van der Waals surface area contributed by atoms with E-state index in [1.165, 1.54) is 18.2 Å². The minimum atomic E-state index is -0.397. The van der Waals surface area contributed by atoms with Crippen LogP contribution in [0.25, 0.3) is 16.7 Å². The van der Waals surface area contributed by atoms with E-state index in [9.17, 15) is 8.78 Å². The zero-order valence-corrected chi connectivity index (χ0v) is 14.3. The maximum atomic E-state index is 13.6. The van der Waals surface area contributed by atoms with Gasteiger partial charge in [-0.25, -0.2) is 13.8 Å². The summed E-state index contributed by atoms with van der Waals surface area (Å²) >= 11 is 12.4. The number of halogens is 5. The Balaban J connectivity index is 2.37. The van der Waals surface area contributed by atoms with E-state index in [1.807, 2.05) is 0 Å². The third-order valence-corrected chi connectivity index (χ3v) is 4.52. The number of aromatic nitrogens is 2. The molecule has 0 fully saturated rings. The van der Waals surface area contributed by atoms with E-state index in [0.717, 1.165) is 0 Å². The van der Waals surface area contributed by atoms with Crippen molar-refractivity contribution < 1.29 is 8.78 Å². The van der Waals surface area contributed by atoms with Crippen molar-refractivity contribution in [2.45, 2.75) is 5.88 Å². The molecule has 3 aromatic rings. The van der Waals surface area contributed by atoms with Gasteiger partial charge in [-0.2, -0.15) is 0 Å². The molecule has 0 aliphatic carbocycles. The summed E-state index contributed by atoms with van der Waals surface area (Å²) in [4.78, 5) is 4.33. The minimum Gasteiger partial charge on any atom is -0.294 e. The molecule has 0 N–H and O–H groups in total. The van der Waals surface area contributed by atoms with Crippen molar-refractivity contribution >= 4 is 54.5 Å². The summed E-state index contributed by atoms with van der Waals surface area (Å²) in [6.07, 6.45) is 0. The fraction of sp³-hybridized carbons (Fsp3) is 0.0714. The summed E-state index contributed by atoms with van der Waals surface area (Å²) in [6, 6.07) is 7.29. The molecule has 0 unspecified atom stereocenters. The molecule has 2 nitrogen and oxygen atoms in total. The topological polar surface area (TPSA) is 17.8 Å². The molecule has 3 rings (SSSR count). The quantitative estimate of drug-likeness (QED) is 0.481. The van der Waals surface area contributed by atoms with E-state index in [4.69, 9.17) is 11.6 Å². The van der Waals surface area contributed by atoms with Gasteiger partial charge in [0.2, 0.25) is 0 Å². The largest absolute Gasteiger partial charge is 0.294 e. The molecule has 0 aliphatic heterocycles. The number of imidazole rings is 1. The monoisotopic (exact) mass is 434 g/mol. The van der Waals surface area contributed by atoms with E-state index in [1.54, 1.807) is 16.7 Å². The first-order valence-corrected chi connectivity index (χ1v) is 8.01. The molecular weight excluding hydrogens is 429 g/mol. The van der Waals surface area contributed by atoms with E-state index in [-0.39, 0.29) is 11.7 Å². The van der Waals surface area contributed by atoms with Gasteiger partial charge >= 0.3 is 0 Å². The number of nitrogens with zero attached hydrogens (tertiary/aromatic N) is 2. The van der Waals surface area contributed by atoms with Crippen LogP contribution in [0.4, 0.5) is 8.78 Å². The summed E-state index contributed by atoms with van der Waals surface area (Å²) in [7, 11) is 0. The minimum absolute atomic E-state index is 0.151. The van der Waals surface area contributed by atoms with Crippen LogP contribution in [0.2, 0.25) is 0 Å². The Morgan fingerprint density at radius 2 is 1.86 bits per heavy atom. The highest BCUT2D eigenvalue weighted by molar-refractivity contribution is 9.10. The number of benzene rings is 2. The average molecular weight is 436 g/mol. The normalized spacial score (nSPS) is 11.3. The lowest BCUT2D eigenvalue weighted by Gasteiger charge is -2.10. The molecule has 1 aromatic heterocycles. The number of hydrogen-bond donors (Lipinski definition) is 0. The van der Waals surface area contributed by atoms with E-state index in [2.05, 4.69) is 36.8 Å². The van der Waals surface area contributed by atoms with E-state index in [0.29, 0.717) is 31.5 Å². The second-order valence-electron chi connectivity index (χ2n) is 4.35. The van der Waals surface area contributed by atoms with Crippen LogP contribution in [0.3, 0.4) is 0 Å². The summed E-state index contributed by atoms with van der Waals surface area (Å²) in [5, 5.41) is 0. The number of rotatable bonds is 2. The highest BCUT2D eigenvalue weighted by Crippen LogP contribution is 2.31. The Hall–Kier alpha value is -0.980. The van der Waals surface area contributed by atoms with Gasteiger partial charge in [0.15, 0.2) is 0 Å². The molecule has 0 radical (unpaired) electrons. The predicted octanol–water partition coefficient (Wildman–Crippen LogP) is 5.57. The van der Waals surface area contributed by atoms with E-state index >= 15 is 0 Å². The van der Waals surface area contributed by atoms with Crippen LogP contribution >= 0.6 is 43.5 Å². The fourth-order valence-electron chi connectivity index (χ4n) is 2.14. The highest BCUT2D eigenvalue weighted by Gasteiger charge is 2.16. The molecule has 108 valence electrons. The zero-order chi connectivity index (χ0) is 15.1. The van der Waals surface area contributed by atoms with Crippen LogP contribution in [-0.2, 0) is 5.88 Å². The lowest BCUT2D eigenvalue weighted by Crippen LogP contribution is -2.00. The maximum Gasteiger partial charge on any atom is 0.139 e. The van der Waals surface area contributed by atoms with Crippen LogP contribution in [0, 0.1) is 11.6 Å². The van der Waals surface area contributed by atoms with Gasteiger partial charge in [0, 0.05) is 10.5 Å². The lowest BCUT2D eigenvalue weighted by molar-refractivity contribution is 0.623. The molecule has 2 aromatic carbocycles. The summed E-state index contributed by atoms with van der Waals surface area (Å²) in [5.74, 6) is -0.0461. The van der Waals surface area contributed by atoms with Gasteiger partial charge < -0.3 is 0 Å². The molecule has 0 bridgehead atoms. The van der Waals surface area contributed by atoms with E-state index < -0.39 is 5.82 Å². The second kappa shape index (κ2) is 5.66. The highest BCUT2D eigenvalue weighted by atomic mass is 79.9. The Morgan fingerprint density at radius 1 is 1.10 bits per heavy atom. The second-order valence-corrected chi connectivity index (χ2v) is 6.32. The number of alkyl halides is 1. The third kappa shape index (κ3) is 2.60. The van der Waals surface area contributed by atoms with Crippen molar-refractivity contribution in [2.75, 3.05) is 0 Å². The Kier molecular flexibility index (Phi) is 4.03. The first-order chi connectivity index (χ1) is 10.0. The summed E-state index contributed by atoms with van der Waals surface area (Å²) in [6.45, 7) is 0. The Morgan fingerprint density at radius 3 is 2.52 bits per heavy atom. The molecule has 0 atom stereocenters.